The van der Waals surface area contributed by atoms with Gasteiger partial charge in [-0.3, -0.25) is 4.79 Å². The number of aryl methyl sites for hydroxylation is 2. The summed E-state index contributed by atoms with van der Waals surface area (Å²) < 4.78 is 5.69. The van der Waals surface area contributed by atoms with Crippen LogP contribution < -0.4 is 10.6 Å². The molecule has 2 saturated heterocycles. The van der Waals surface area contributed by atoms with Crippen LogP contribution >= 0.6 is 0 Å². The van der Waals surface area contributed by atoms with Gasteiger partial charge in [0, 0.05) is 30.5 Å². The first-order valence-electron chi connectivity index (χ1n) is 14.4. The number of rotatable bonds is 8. The molecule has 0 saturated carbocycles. The minimum atomic E-state index is 0.0672. The molecule has 6 heteroatoms. The van der Waals surface area contributed by atoms with Crippen molar-refractivity contribution in [1.29, 1.82) is 0 Å². The number of nitrogens with one attached hydrogen (secondary N) is 2. The lowest BCUT2D eigenvalue weighted by Gasteiger charge is -2.29. The van der Waals surface area contributed by atoms with E-state index in [2.05, 4.69) is 86.5 Å². The van der Waals surface area contributed by atoms with Gasteiger partial charge in [-0.05, 0) is 94.4 Å². The predicted molar refractivity (Wildman–Crippen MR) is 169 cm³/mol. The Morgan fingerprint density at radius 3 is 2.23 bits per heavy atom. The normalized spacial score (nSPS) is 16.9. The lowest BCUT2D eigenvalue weighted by molar-refractivity contribution is -0.0980. The average molecular weight is 550 g/mol. The fraction of sp³-hybridized carbons (Fsp3) is 0.471. The van der Waals surface area contributed by atoms with E-state index >= 15 is 0 Å². The molecular weight excluding hydrogens is 498 g/mol. The minimum absolute atomic E-state index is 0.0672. The zero-order chi connectivity index (χ0) is 29.8. The van der Waals surface area contributed by atoms with Gasteiger partial charge in [-0.1, -0.05) is 56.3 Å². The van der Waals surface area contributed by atoms with Crippen LogP contribution in [-0.2, 0) is 16.0 Å². The summed E-state index contributed by atoms with van der Waals surface area (Å²) in [6.07, 6.45) is 8.32. The fourth-order valence-electron chi connectivity index (χ4n) is 4.75. The van der Waals surface area contributed by atoms with Crippen molar-refractivity contribution in [3.8, 4) is 0 Å². The summed E-state index contributed by atoms with van der Waals surface area (Å²) in [6.45, 7) is 20.3. The molecule has 40 heavy (non-hydrogen) atoms. The van der Waals surface area contributed by atoms with Gasteiger partial charge in [0.1, 0.15) is 6.79 Å². The topological polar surface area (TPSA) is 70.7 Å². The molecule has 1 atom stereocenters. The highest BCUT2D eigenvalue weighted by Gasteiger charge is 2.19. The van der Waals surface area contributed by atoms with E-state index in [0.717, 1.165) is 69.6 Å². The van der Waals surface area contributed by atoms with Crippen molar-refractivity contribution in [2.45, 2.75) is 70.9 Å². The summed E-state index contributed by atoms with van der Waals surface area (Å²) in [5.74, 6) is 0.0672. The molecule has 2 fully saturated rings. The molecule has 1 unspecified atom stereocenters. The molecule has 220 valence electrons. The molecule has 1 amide bonds. The summed E-state index contributed by atoms with van der Waals surface area (Å²) in [6, 6.07) is 16.7. The molecule has 2 aromatic carbocycles. The summed E-state index contributed by atoms with van der Waals surface area (Å²) in [7, 11) is 2.13. The van der Waals surface area contributed by atoms with Gasteiger partial charge >= 0.3 is 0 Å². The van der Waals surface area contributed by atoms with Crippen LogP contribution in [0.3, 0.4) is 0 Å². The maximum absolute atomic E-state index is 12.1. The number of hydrogen-bond donors (Lipinski definition) is 2. The maximum Gasteiger partial charge on any atom is 0.251 e. The van der Waals surface area contributed by atoms with Crippen LogP contribution in [0.1, 0.15) is 72.5 Å². The lowest BCUT2D eigenvalue weighted by Crippen LogP contribution is -2.43. The Balaban J connectivity index is 0.000000358. The van der Waals surface area contributed by atoms with E-state index in [9.17, 15) is 4.79 Å². The quantitative estimate of drug-likeness (QED) is 0.384. The highest BCUT2D eigenvalue weighted by atomic mass is 16.5. The van der Waals surface area contributed by atoms with Gasteiger partial charge in [-0.15, -0.1) is 13.2 Å². The largest absolute Gasteiger partial charge is 0.382 e. The van der Waals surface area contributed by atoms with Gasteiger partial charge in [-0.25, -0.2) is 0 Å². The Morgan fingerprint density at radius 1 is 1.00 bits per heavy atom. The summed E-state index contributed by atoms with van der Waals surface area (Å²) in [5, 5.41) is 6.53. The first kappa shape index (κ1) is 34.8. The monoisotopic (exact) mass is 549 g/mol. The fourth-order valence-corrected chi connectivity index (χ4v) is 4.75. The van der Waals surface area contributed by atoms with Crippen LogP contribution in [-0.4, -0.2) is 63.0 Å². The molecule has 2 aliphatic rings. The Morgan fingerprint density at radius 2 is 1.65 bits per heavy atom. The molecule has 2 aliphatic heterocycles. The smallest absolute Gasteiger partial charge is 0.251 e. The van der Waals surface area contributed by atoms with Gasteiger partial charge in [-0.2, -0.15) is 0 Å². The number of ether oxygens (including phenoxy) is 1. The third-order valence-electron chi connectivity index (χ3n) is 7.10. The second-order valence-electron chi connectivity index (χ2n) is 10.2. The predicted octanol–water partition coefficient (Wildman–Crippen LogP) is 6.20. The van der Waals surface area contributed by atoms with Gasteiger partial charge in [0.2, 0.25) is 0 Å². The van der Waals surface area contributed by atoms with Crippen LogP contribution in [0.5, 0.6) is 0 Å². The number of amides is 1. The van der Waals surface area contributed by atoms with E-state index < -0.39 is 0 Å². The molecular formula is C34H51N3O3. The lowest BCUT2D eigenvalue weighted by atomic mass is 10.0. The SMILES string of the molecule is C=C.C=C(NCC1CCCCO1)c1ccccc1C.C=O.CCCc1ccc(C(=O)NC2CCN(C)CC2)cc1. The average Bonchev–Trinajstić information content (AvgIpc) is 3.01. The summed E-state index contributed by atoms with van der Waals surface area (Å²) >= 11 is 0. The molecule has 4 rings (SSSR count). The van der Waals surface area contributed by atoms with Crippen LogP contribution in [0, 0.1) is 6.92 Å². The van der Waals surface area contributed by atoms with E-state index in [0.29, 0.717) is 12.1 Å². The van der Waals surface area contributed by atoms with Crippen molar-refractivity contribution in [2.24, 2.45) is 0 Å². The number of carbonyl (C=O) groups excluding carboxylic acids is 2. The summed E-state index contributed by atoms with van der Waals surface area (Å²) in [4.78, 5) is 22.4. The van der Waals surface area contributed by atoms with E-state index in [1.165, 1.54) is 29.5 Å². The van der Waals surface area contributed by atoms with Gasteiger partial charge in [0.15, 0.2) is 0 Å². The first-order chi connectivity index (χ1) is 19.5. The van der Waals surface area contributed by atoms with E-state index in [-0.39, 0.29) is 5.91 Å². The Bertz CT molecular complexity index is 976. The van der Waals surface area contributed by atoms with Gasteiger partial charge in [0.05, 0.1) is 6.10 Å². The van der Waals surface area contributed by atoms with E-state index in [1.807, 2.05) is 25.0 Å². The van der Waals surface area contributed by atoms with Crippen molar-refractivity contribution in [3.05, 3.63) is 90.5 Å². The Hall–Kier alpha value is -3.22. The minimum Gasteiger partial charge on any atom is -0.382 e. The number of nitrogens with zero attached hydrogens (tertiary/aromatic N) is 1. The maximum atomic E-state index is 12.1. The van der Waals surface area contributed by atoms with Crippen LogP contribution in [0.4, 0.5) is 0 Å². The van der Waals surface area contributed by atoms with Gasteiger partial charge < -0.3 is 25.1 Å². The van der Waals surface area contributed by atoms with Crippen molar-refractivity contribution in [3.63, 3.8) is 0 Å². The molecule has 0 radical (unpaired) electrons. The zero-order valence-corrected chi connectivity index (χ0v) is 25.1. The third kappa shape index (κ3) is 12.8. The van der Waals surface area contributed by atoms with Crippen LogP contribution in [0.25, 0.3) is 5.70 Å². The number of hydrogen-bond acceptors (Lipinski definition) is 5. The number of benzene rings is 2. The highest BCUT2D eigenvalue weighted by molar-refractivity contribution is 5.94. The van der Waals surface area contributed by atoms with Crippen molar-refractivity contribution in [1.82, 2.24) is 15.5 Å². The number of likely N-dealkylation sites (tertiary alicyclic amines) is 1. The third-order valence-corrected chi connectivity index (χ3v) is 7.10. The van der Waals surface area contributed by atoms with Crippen LogP contribution in [0.2, 0.25) is 0 Å². The van der Waals surface area contributed by atoms with Gasteiger partial charge in [0.25, 0.3) is 5.91 Å². The molecule has 0 spiro atoms. The Labute approximate surface area is 242 Å². The summed E-state index contributed by atoms with van der Waals surface area (Å²) in [5.41, 5.74) is 5.53. The molecule has 0 aliphatic carbocycles. The zero-order valence-electron chi connectivity index (χ0n) is 25.1. The second-order valence-corrected chi connectivity index (χ2v) is 10.2. The molecule has 2 heterocycles. The first-order valence-corrected chi connectivity index (χ1v) is 14.4. The van der Waals surface area contributed by atoms with E-state index in [1.54, 1.807) is 0 Å². The molecule has 2 aromatic rings. The van der Waals surface area contributed by atoms with Crippen molar-refractivity contribution >= 4 is 18.4 Å². The Kier molecular flexibility index (Phi) is 18.0. The van der Waals surface area contributed by atoms with Crippen LogP contribution in [0.15, 0.2) is 68.3 Å². The second kappa shape index (κ2) is 20.7. The highest BCUT2D eigenvalue weighted by Crippen LogP contribution is 2.16. The number of carbonyl (C=O) groups is 2. The molecule has 0 aromatic heterocycles. The molecule has 6 nitrogen and oxygen atoms in total. The van der Waals surface area contributed by atoms with Crippen molar-refractivity contribution in [2.75, 3.05) is 33.3 Å². The van der Waals surface area contributed by atoms with E-state index in [4.69, 9.17) is 9.53 Å². The van der Waals surface area contributed by atoms with Crippen molar-refractivity contribution < 1.29 is 14.3 Å². The standard InChI is InChI=1S/C16H24N2O.C15H21NO.C2H4.CH2O/c1-3-4-13-5-7-14(8-6-13)16(19)17-15-9-11-18(2)12-10-15;1-12-7-3-4-9-15(12)13(2)16-11-14-8-5-6-10-17-14;2*1-2/h5-8,15H,3-4,9-12H2,1-2H3,(H,17,19);3-4,7,9,14,16H,2,5-6,8,10-11H2,1H3;1-2H2;1H2. The molecule has 0 bridgehead atoms. The molecule has 2 N–H and O–H groups in total. The number of piperidine rings is 1.